The normalized spacial score (nSPS) is 18.8. The average molecular weight is 1000 g/mol. The van der Waals surface area contributed by atoms with Crippen molar-refractivity contribution in [1.82, 2.24) is 0 Å². The van der Waals surface area contributed by atoms with Gasteiger partial charge in [-0.05, 0) is 96.3 Å². The molecular weight excluding hydrogens is 901 g/mol. The number of ether oxygens (including phenoxy) is 5. The zero-order chi connectivity index (χ0) is 51.8. The highest BCUT2D eigenvalue weighted by Gasteiger charge is 2.50. The van der Waals surface area contributed by atoms with E-state index in [0.29, 0.717) is 19.3 Å². The van der Waals surface area contributed by atoms with Crippen LogP contribution in [0, 0.1) is 0 Å². The number of hydrogen-bond acceptors (Lipinski definition) is 11. The minimum atomic E-state index is -1.91. The second-order valence-electron chi connectivity index (χ2n) is 19.6. The van der Waals surface area contributed by atoms with Gasteiger partial charge >= 0.3 is 23.9 Å². The molecule has 0 aromatic heterocycles. The zero-order valence-electron chi connectivity index (χ0n) is 45.0. The number of carboxylic acid groups (broad SMARTS) is 1. The Hall–Kier alpha value is -3.32. The van der Waals surface area contributed by atoms with Gasteiger partial charge in [-0.2, -0.15) is 0 Å². The van der Waals surface area contributed by atoms with E-state index in [1.807, 2.05) is 0 Å². The van der Waals surface area contributed by atoms with Gasteiger partial charge in [0.05, 0.1) is 6.61 Å². The van der Waals surface area contributed by atoms with Crippen LogP contribution in [0.2, 0.25) is 0 Å². The first-order chi connectivity index (χ1) is 34.6. The molecule has 3 N–H and O–H groups in total. The molecule has 1 rings (SSSR count). The largest absolute Gasteiger partial charge is 0.479 e. The maximum absolute atomic E-state index is 13.1. The topological polar surface area (TPSA) is 175 Å². The summed E-state index contributed by atoms with van der Waals surface area (Å²) < 4.78 is 28.3. The van der Waals surface area contributed by atoms with Crippen molar-refractivity contribution in [2.24, 2.45) is 0 Å². The summed E-state index contributed by atoms with van der Waals surface area (Å²) in [5.41, 5.74) is 0. The third kappa shape index (κ3) is 38.0. The van der Waals surface area contributed by atoms with Crippen LogP contribution in [-0.4, -0.2) is 89.2 Å². The summed E-state index contributed by atoms with van der Waals surface area (Å²) in [4.78, 5) is 51.0. The highest BCUT2D eigenvalue weighted by Crippen LogP contribution is 2.26. The number of carbonyl (C=O) groups is 4. The summed E-state index contributed by atoms with van der Waals surface area (Å²) in [5, 5.41) is 31.4. The van der Waals surface area contributed by atoms with E-state index in [4.69, 9.17) is 23.7 Å². The van der Waals surface area contributed by atoms with E-state index in [9.17, 15) is 34.5 Å². The molecule has 0 saturated carbocycles. The minimum absolute atomic E-state index is 0.0435. The van der Waals surface area contributed by atoms with Crippen molar-refractivity contribution in [3.63, 3.8) is 0 Å². The predicted molar refractivity (Wildman–Crippen MR) is 285 cm³/mol. The van der Waals surface area contributed by atoms with Gasteiger partial charge < -0.3 is 39.0 Å². The molecule has 0 radical (unpaired) electrons. The van der Waals surface area contributed by atoms with Crippen LogP contribution in [-0.2, 0) is 42.9 Å². The van der Waals surface area contributed by atoms with Crippen molar-refractivity contribution < 1.29 is 58.2 Å². The molecule has 12 heteroatoms. The van der Waals surface area contributed by atoms with Gasteiger partial charge in [-0.3, -0.25) is 14.4 Å². The number of aliphatic hydroxyl groups is 2. The number of carboxylic acids is 1. The fraction of sp³-hybridized carbons (Fsp3) is 0.797. The Bertz CT molecular complexity index is 1420. The van der Waals surface area contributed by atoms with Crippen LogP contribution in [0.1, 0.15) is 252 Å². The molecule has 0 aromatic carbocycles. The number of aliphatic hydroxyl groups excluding tert-OH is 2. The van der Waals surface area contributed by atoms with E-state index < -0.39 is 67.3 Å². The van der Waals surface area contributed by atoms with Crippen LogP contribution in [0.3, 0.4) is 0 Å². The Morgan fingerprint density at radius 3 is 1.35 bits per heavy atom. The molecule has 1 saturated heterocycles. The Morgan fingerprint density at radius 2 is 0.859 bits per heavy atom. The maximum Gasteiger partial charge on any atom is 0.335 e. The van der Waals surface area contributed by atoms with Gasteiger partial charge in [-0.1, -0.05) is 185 Å². The monoisotopic (exact) mass is 1000 g/mol. The Labute approximate surface area is 431 Å². The van der Waals surface area contributed by atoms with Gasteiger partial charge in [0.2, 0.25) is 0 Å². The van der Waals surface area contributed by atoms with E-state index in [1.165, 1.54) is 70.6 Å². The number of carbonyl (C=O) groups excluding carboxylic acids is 3. The highest BCUT2D eigenvalue weighted by molar-refractivity contribution is 5.74. The zero-order valence-corrected chi connectivity index (χ0v) is 45.0. The van der Waals surface area contributed by atoms with Crippen LogP contribution in [0.4, 0.5) is 0 Å². The molecule has 0 spiro atoms. The molecule has 410 valence electrons. The van der Waals surface area contributed by atoms with E-state index in [2.05, 4.69) is 69.4 Å². The van der Waals surface area contributed by atoms with E-state index in [1.54, 1.807) is 0 Å². The number of hydrogen-bond donors (Lipinski definition) is 3. The number of esters is 3. The molecule has 12 nitrogen and oxygen atoms in total. The van der Waals surface area contributed by atoms with Gasteiger partial charge in [-0.15, -0.1) is 0 Å². The lowest BCUT2D eigenvalue weighted by Crippen LogP contribution is -2.61. The van der Waals surface area contributed by atoms with Crippen molar-refractivity contribution in [3.8, 4) is 0 Å². The van der Waals surface area contributed by atoms with Crippen molar-refractivity contribution in [2.45, 2.75) is 289 Å². The van der Waals surface area contributed by atoms with Gasteiger partial charge in [-0.25, -0.2) is 4.79 Å². The van der Waals surface area contributed by atoms with Crippen LogP contribution in [0.25, 0.3) is 0 Å². The van der Waals surface area contributed by atoms with E-state index in [-0.39, 0.29) is 25.9 Å². The minimum Gasteiger partial charge on any atom is -0.479 e. The molecule has 1 aliphatic rings. The van der Waals surface area contributed by atoms with E-state index >= 15 is 0 Å². The average Bonchev–Trinajstić information content (AvgIpc) is 3.35. The molecule has 0 aliphatic carbocycles. The number of allylic oxidation sites excluding steroid dienone is 8. The lowest BCUT2D eigenvalue weighted by Gasteiger charge is -2.40. The summed E-state index contributed by atoms with van der Waals surface area (Å²) >= 11 is 0. The van der Waals surface area contributed by atoms with Gasteiger partial charge in [0.1, 0.15) is 18.8 Å². The molecule has 0 aromatic rings. The maximum atomic E-state index is 13.1. The smallest absolute Gasteiger partial charge is 0.335 e. The quantitative estimate of drug-likeness (QED) is 0.0228. The summed E-state index contributed by atoms with van der Waals surface area (Å²) in [6, 6.07) is 0. The van der Waals surface area contributed by atoms with Crippen LogP contribution in [0.5, 0.6) is 0 Å². The van der Waals surface area contributed by atoms with Crippen molar-refractivity contribution in [3.05, 3.63) is 48.6 Å². The first-order valence-electron chi connectivity index (χ1n) is 28.6. The lowest BCUT2D eigenvalue weighted by molar-refractivity contribution is -0.301. The highest BCUT2D eigenvalue weighted by atomic mass is 16.7. The van der Waals surface area contributed by atoms with Gasteiger partial charge in [0, 0.05) is 19.3 Å². The second-order valence-corrected chi connectivity index (χ2v) is 19.6. The van der Waals surface area contributed by atoms with Crippen molar-refractivity contribution in [1.29, 1.82) is 0 Å². The Balaban J connectivity index is 2.71. The lowest BCUT2D eigenvalue weighted by atomic mass is 9.98. The molecule has 0 amide bonds. The summed E-state index contributed by atoms with van der Waals surface area (Å²) in [6.45, 7) is 5.90. The first kappa shape index (κ1) is 65.7. The second kappa shape index (κ2) is 47.7. The van der Waals surface area contributed by atoms with Crippen LogP contribution >= 0.6 is 0 Å². The molecule has 0 bridgehead atoms. The first-order valence-corrected chi connectivity index (χ1v) is 28.6. The standard InChI is InChI=1S/C59H102O12/c1-4-7-10-13-16-19-22-24-26-28-31-33-36-39-42-45-51(60)67-48-50(69-52(61)46-43-40-37-34-30-21-18-15-12-9-6-3)49-68-59-57(55(64)54(63)56(71-59)58(65)66)70-53(62)47-44-41-38-35-32-29-27-25-23-20-17-14-11-8-5-2/h15,17-18,20,24-27,50,54-57,59,63-64H,4-14,16,19,21-23,28-49H2,1-3H3,(H,65,66)/b18-15-,20-17-,26-24-,27-25-. The fourth-order valence-corrected chi connectivity index (χ4v) is 8.37. The Morgan fingerprint density at radius 1 is 0.465 bits per heavy atom. The third-order valence-electron chi connectivity index (χ3n) is 12.8. The molecule has 6 unspecified atom stereocenters. The number of rotatable bonds is 48. The SMILES string of the molecule is CCCC/C=C\CCCCCCCC(=O)OC(COC(=O)CCCCCCC/C=C\CCCCCCCC)COC1OC(C(=O)O)C(O)C(O)C1OC(=O)CCCCCCC/C=C\C/C=C\CCCCC. The van der Waals surface area contributed by atoms with E-state index in [0.717, 1.165) is 122 Å². The summed E-state index contributed by atoms with van der Waals surface area (Å²) in [6.07, 6.45) is 43.7. The fourth-order valence-electron chi connectivity index (χ4n) is 8.37. The molecule has 71 heavy (non-hydrogen) atoms. The van der Waals surface area contributed by atoms with Crippen LogP contribution < -0.4 is 0 Å². The van der Waals surface area contributed by atoms with Gasteiger partial charge in [0.25, 0.3) is 0 Å². The number of unbranched alkanes of at least 4 members (excludes halogenated alkanes) is 26. The third-order valence-corrected chi connectivity index (χ3v) is 12.8. The van der Waals surface area contributed by atoms with Crippen molar-refractivity contribution >= 4 is 23.9 Å². The molecule has 6 atom stereocenters. The summed E-state index contributed by atoms with van der Waals surface area (Å²) in [7, 11) is 0. The number of aliphatic carboxylic acids is 1. The molecule has 1 heterocycles. The van der Waals surface area contributed by atoms with Crippen LogP contribution in [0.15, 0.2) is 48.6 Å². The predicted octanol–water partition coefficient (Wildman–Crippen LogP) is 14.2. The molecule has 1 fully saturated rings. The molecule has 1 aliphatic heterocycles. The Kier molecular flexibility index (Phi) is 44.1. The molecular formula is C59H102O12. The van der Waals surface area contributed by atoms with Crippen molar-refractivity contribution in [2.75, 3.05) is 13.2 Å². The van der Waals surface area contributed by atoms with Gasteiger partial charge in [0.15, 0.2) is 24.6 Å². The summed E-state index contributed by atoms with van der Waals surface area (Å²) in [5.74, 6) is -3.15.